The van der Waals surface area contributed by atoms with Crippen LogP contribution >= 0.6 is 12.6 Å². The highest BCUT2D eigenvalue weighted by atomic mass is 32.1. The summed E-state index contributed by atoms with van der Waals surface area (Å²) >= 11 is 4.92. The van der Waals surface area contributed by atoms with Gasteiger partial charge >= 0.3 is 0 Å². The Morgan fingerprint density at radius 3 is 2.30 bits per heavy atom. The zero-order valence-corrected chi connectivity index (χ0v) is 6.53. The van der Waals surface area contributed by atoms with Crippen LogP contribution < -0.4 is 5.73 Å². The van der Waals surface area contributed by atoms with Crippen molar-refractivity contribution in [1.29, 1.82) is 0 Å². The average Bonchev–Trinajstić information content (AvgIpc) is 1.95. The number of rotatable bonds is 2. The largest absolute Gasteiger partial charge is 0.330 e. The van der Waals surface area contributed by atoms with E-state index in [4.69, 9.17) is 18.4 Å². The third kappa shape index (κ3) is 1.97. The third-order valence-corrected chi connectivity index (χ3v) is 1.63. The fourth-order valence-electron chi connectivity index (χ4n) is 0.823. The highest BCUT2D eigenvalue weighted by Crippen LogP contribution is 2.07. The summed E-state index contributed by atoms with van der Waals surface area (Å²) in [6.45, 7) is 0.705. The minimum atomic E-state index is 0.705. The van der Waals surface area contributed by atoms with Crippen LogP contribution in [0.4, 0.5) is 0 Å². The molecule has 0 unspecified atom stereocenters. The van der Waals surface area contributed by atoms with Gasteiger partial charge in [-0.25, -0.2) is 0 Å². The van der Waals surface area contributed by atoms with Crippen LogP contribution in [0.15, 0.2) is 29.2 Å². The maximum absolute atomic E-state index is 5.37. The molecule has 0 aliphatic rings. The van der Waals surface area contributed by atoms with Gasteiger partial charge in [0.05, 0.1) is 0 Å². The van der Waals surface area contributed by atoms with Gasteiger partial charge in [0.15, 0.2) is 0 Å². The lowest BCUT2D eigenvalue weighted by Crippen LogP contribution is -2.01. The van der Waals surface area contributed by atoms with E-state index in [1.807, 2.05) is 24.3 Å². The van der Waals surface area contributed by atoms with Crippen LogP contribution in [-0.2, 0) is 6.42 Å². The van der Waals surface area contributed by atoms with Crippen molar-refractivity contribution in [3.05, 3.63) is 29.8 Å². The molecule has 0 aromatic heterocycles. The van der Waals surface area contributed by atoms with Crippen molar-refractivity contribution in [3.63, 3.8) is 0 Å². The van der Waals surface area contributed by atoms with E-state index in [0.29, 0.717) is 6.54 Å². The lowest BCUT2D eigenvalue weighted by molar-refractivity contribution is 0.967. The summed E-state index contributed by atoms with van der Waals surface area (Å²) in [4.78, 5) is 0.890. The first-order chi connectivity index (χ1) is 4.83. The van der Waals surface area contributed by atoms with E-state index in [1.54, 1.807) is 0 Å². The van der Waals surface area contributed by atoms with Gasteiger partial charge in [0.25, 0.3) is 0 Å². The van der Waals surface area contributed by atoms with E-state index in [2.05, 4.69) is 0 Å². The van der Waals surface area contributed by atoms with Gasteiger partial charge in [-0.1, -0.05) is 24.8 Å². The Morgan fingerprint density at radius 2 is 1.80 bits per heavy atom. The third-order valence-electron chi connectivity index (χ3n) is 1.36. The maximum atomic E-state index is 5.37. The average molecular weight is 152 g/mol. The van der Waals surface area contributed by atoms with Gasteiger partial charge in [-0.3, -0.25) is 0 Å². The fourth-order valence-corrected chi connectivity index (χ4v) is 0.959. The van der Waals surface area contributed by atoms with E-state index < -0.39 is 0 Å². The predicted molar refractivity (Wildman–Crippen MR) is 45.1 cm³/mol. The van der Waals surface area contributed by atoms with E-state index in [9.17, 15) is 0 Å². The molecule has 2 N–H and O–H groups in total. The second kappa shape index (κ2) is 3.54. The van der Waals surface area contributed by atoms with E-state index >= 15 is 0 Å². The monoisotopic (exact) mass is 152 g/mol. The maximum Gasteiger partial charge on any atom is 0.0377 e. The molecule has 10 heavy (non-hydrogen) atoms. The molecule has 0 aliphatic heterocycles. The molecule has 0 bridgehead atoms. The van der Waals surface area contributed by atoms with Crippen LogP contribution in [0, 0.1) is 0 Å². The smallest absolute Gasteiger partial charge is 0.0377 e. The standard InChI is InChI=1S/C8H10NS/c9-6-5-7-1-3-8(10)4-2-7/h1-4H,5-6,9H2. The molecule has 1 nitrogen and oxygen atoms in total. The van der Waals surface area contributed by atoms with Gasteiger partial charge < -0.3 is 5.73 Å². The molecule has 53 valence electrons. The van der Waals surface area contributed by atoms with Crippen LogP contribution in [-0.4, -0.2) is 6.54 Å². The lowest BCUT2D eigenvalue weighted by Gasteiger charge is -1.96. The topological polar surface area (TPSA) is 26.0 Å². The van der Waals surface area contributed by atoms with Crippen LogP contribution in [0.2, 0.25) is 0 Å². The molecule has 0 fully saturated rings. The summed E-state index contributed by atoms with van der Waals surface area (Å²) in [5.41, 5.74) is 6.63. The molecule has 0 heterocycles. The first-order valence-electron chi connectivity index (χ1n) is 3.29. The molecule has 0 saturated carbocycles. The molecular weight excluding hydrogens is 142 g/mol. The highest BCUT2D eigenvalue weighted by Gasteiger charge is 1.89. The van der Waals surface area contributed by atoms with Crippen molar-refractivity contribution in [2.24, 2.45) is 5.73 Å². The second-order valence-electron chi connectivity index (χ2n) is 2.18. The normalized spacial score (nSPS) is 9.70. The van der Waals surface area contributed by atoms with E-state index in [-0.39, 0.29) is 0 Å². The van der Waals surface area contributed by atoms with Gasteiger partial charge in [-0.2, -0.15) is 0 Å². The molecule has 1 aromatic rings. The summed E-state index contributed by atoms with van der Waals surface area (Å²) in [7, 11) is 0. The van der Waals surface area contributed by atoms with Crippen molar-refractivity contribution in [2.45, 2.75) is 11.3 Å². The Bertz CT molecular complexity index is 193. The van der Waals surface area contributed by atoms with Crippen molar-refractivity contribution in [3.8, 4) is 0 Å². The minimum Gasteiger partial charge on any atom is -0.330 e. The van der Waals surface area contributed by atoms with Crippen molar-refractivity contribution < 1.29 is 0 Å². The number of hydrogen-bond acceptors (Lipinski definition) is 1. The SMILES string of the molecule is NCCc1ccc([S])cc1. The zero-order chi connectivity index (χ0) is 7.40. The van der Waals surface area contributed by atoms with Crippen LogP contribution in [0.25, 0.3) is 0 Å². The first-order valence-corrected chi connectivity index (χ1v) is 3.70. The van der Waals surface area contributed by atoms with Crippen molar-refractivity contribution in [2.75, 3.05) is 6.54 Å². The Hall–Kier alpha value is -0.600. The van der Waals surface area contributed by atoms with E-state index in [0.717, 1.165) is 11.3 Å². The highest BCUT2D eigenvalue weighted by molar-refractivity contribution is 7.80. The molecule has 1 radical (unpaired) electrons. The summed E-state index contributed by atoms with van der Waals surface area (Å²) in [5.74, 6) is 0. The van der Waals surface area contributed by atoms with Crippen molar-refractivity contribution in [1.82, 2.24) is 0 Å². The molecule has 2 heteroatoms. The second-order valence-corrected chi connectivity index (χ2v) is 2.65. The predicted octanol–water partition coefficient (Wildman–Crippen LogP) is 1.74. The number of nitrogens with two attached hydrogens (primary N) is 1. The molecule has 0 saturated heterocycles. The van der Waals surface area contributed by atoms with Gasteiger partial charge in [0.1, 0.15) is 0 Å². The summed E-state index contributed by atoms with van der Waals surface area (Å²) in [6.07, 6.45) is 0.940. The fraction of sp³-hybridized carbons (Fsp3) is 0.250. The Kier molecular flexibility index (Phi) is 2.66. The van der Waals surface area contributed by atoms with Gasteiger partial charge in [0, 0.05) is 4.90 Å². The molecule has 0 amide bonds. The minimum absolute atomic E-state index is 0.705. The van der Waals surface area contributed by atoms with Gasteiger partial charge in [-0.05, 0) is 30.7 Å². The number of hydrogen-bond donors (Lipinski definition) is 1. The molecular formula is C8H10NS. The first kappa shape index (κ1) is 7.51. The van der Waals surface area contributed by atoms with Gasteiger partial charge in [-0.15, -0.1) is 0 Å². The summed E-state index contributed by atoms with van der Waals surface area (Å²) in [5, 5.41) is 0. The molecule has 0 aliphatic carbocycles. The van der Waals surface area contributed by atoms with Crippen molar-refractivity contribution >= 4 is 12.6 Å². The van der Waals surface area contributed by atoms with Crippen LogP contribution in [0.1, 0.15) is 5.56 Å². The molecule has 0 spiro atoms. The summed E-state index contributed by atoms with van der Waals surface area (Å²) in [6, 6.07) is 7.91. The van der Waals surface area contributed by atoms with Crippen LogP contribution in [0.3, 0.4) is 0 Å². The lowest BCUT2D eigenvalue weighted by atomic mass is 10.2. The van der Waals surface area contributed by atoms with Crippen LogP contribution in [0.5, 0.6) is 0 Å². The zero-order valence-electron chi connectivity index (χ0n) is 5.71. The molecule has 1 rings (SSSR count). The van der Waals surface area contributed by atoms with Gasteiger partial charge in [0.2, 0.25) is 0 Å². The Balaban J connectivity index is 2.69. The Labute approximate surface area is 66.7 Å². The quantitative estimate of drug-likeness (QED) is 0.686. The molecule has 1 aromatic carbocycles. The molecule has 0 atom stereocenters. The van der Waals surface area contributed by atoms with E-state index in [1.165, 1.54) is 5.56 Å². The number of benzene rings is 1. The summed E-state index contributed by atoms with van der Waals surface area (Å²) < 4.78 is 0. The Morgan fingerprint density at radius 1 is 1.20 bits per heavy atom.